The molecule has 1 aromatic carbocycles. The van der Waals surface area contributed by atoms with Crippen LogP contribution in [0, 0.1) is 0 Å². The van der Waals surface area contributed by atoms with E-state index in [4.69, 9.17) is 14.2 Å². The number of benzene rings is 1. The maximum Gasteiger partial charge on any atom is 0.170 e. The highest BCUT2D eigenvalue weighted by Gasteiger charge is 2.32. The molecule has 1 aliphatic rings. The molecule has 0 radical (unpaired) electrons. The first-order valence-corrected chi connectivity index (χ1v) is 7.08. The fourth-order valence-electron chi connectivity index (χ4n) is 2.22. The smallest absolute Gasteiger partial charge is 0.170 e. The van der Waals surface area contributed by atoms with Crippen molar-refractivity contribution in [1.82, 2.24) is 0 Å². The maximum absolute atomic E-state index is 12.0. The van der Waals surface area contributed by atoms with Crippen LogP contribution in [0.2, 0.25) is 0 Å². The number of ether oxygens (including phenoxy) is 3. The van der Waals surface area contributed by atoms with Crippen LogP contribution in [0.4, 0.5) is 0 Å². The normalized spacial score (nSPS) is 16.4. The van der Waals surface area contributed by atoms with E-state index in [1.165, 1.54) is 0 Å². The average molecular weight is 278 g/mol. The highest BCUT2D eigenvalue weighted by atomic mass is 16.5. The molecule has 1 aromatic rings. The molecule has 4 nitrogen and oxygen atoms in total. The van der Waals surface area contributed by atoms with E-state index in [2.05, 4.69) is 0 Å². The molecule has 0 bridgehead atoms. The Bertz CT molecular complexity index is 479. The SMILES string of the molecule is CCOCCCOc1ccc2c(c1)OC(C)(C)CC2=O. The average Bonchev–Trinajstić information content (AvgIpc) is 2.36. The molecule has 0 saturated carbocycles. The Balaban J connectivity index is 1.99. The summed E-state index contributed by atoms with van der Waals surface area (Å²) in [5, 5.41) is 0. The summed E-state index contributed by atoms with van der Waals surface area (Å²) in [5.74, 6) is 1.47. The predicted octanol–water partition coefficient (Wildman–Crippen LogP) is 3.24. The van der Waals surface area contributed by atoms with Gasteiger partial charge in [0.05, 0.1) is 18.6 Å². The summed E-state index contributed by atoms with van der Waals surface area (Å²) in [6.45, 7) is 7.83. The Hall–Kier alpha value is -1.55. The van der Waals surface area contributed by atoms with Crippen molar-refractivity contribution in [3.63, 3.8) is 0 Å². The standard InChI is InChI=1S/C16H22O4/c1-4-18-8-5-9-19-12-6-7-13-14(17)11-16(2,3)20-15(13)10-12/h6-7,10H,4-5,8-9,11H2,1-3H3. The van der Waals surface area contributed by atoms with Crippen LogP contribution in [0.1, 0.15) is 44.0 Å². The van der Waals surface area contributed by atoms with Crippen LogP contribution in [0.15, 0.2) is 18.2 Å². The van der Waals surface area contributed by atoms with E-state index in [0.717, 1.165) is 18.8 Å². The lowest BCUT2D eigenvalue weighted by molar-refractivity contribution is 0.0618. The minimum Gasteiger partial charge on any atom is -0.493 e. The molecule has 20 heavy (non-hydrogen) atoms. The molecule has 110 valence electrons. The lowest BCUT2D eigenvalue weighted by Crippen LogP contribution is -2.35. The molecule has 1 aliphatic heterocycles. The van der Waals surface area contributed by atoms with Crippen molar-refractivity contribution in [2.45, 2.75) is 39.2 Å². The molecular weight excluding hydrogens is 256 g/mol. The summed E-state index contributed by atoms with van der Waals surface area (Å²) in [4.78, 5) is 12.0. The van der Waals surface area contributed by atoms with Gasteiger partial charge in [-0.05, 0) is 32.9 Å². The topological polar surface area (TPSA) is 44.8 Å². The van der Waals surface area contributed by atoms with Gasteiger partial charge in [-0.1, -0.05) is 0 Å². The van der Waals surface area contributed by atoms with Gasteiger partial charge in [0.25, 0.3) is 0 Å². The van der Waals surface area contributed by atoms with Crippen molar-refractivity contribution >= 4 is 5.78 Å². The molecular formula is C16H22O4. The number of hydrogen-bond donors (Lipinski definition) is 0. The minimum atomic E-state index is -0.447. The van der Waals surface area contributed by atoms with Crippen molar-refractivity contribution < 1.29 is 19.0 Å². The van der Waals surface area contributed by atoms with Crippen molar-refractivity contribution in [1.29, 1.82) is 0 Å². The van der Waals surface area contributed by atoms with Crippen LogP contribution in [-0.2, 0) is 4.74 Å². The second-order valence-corrected chi connectivity index (χ2v) is 5.52. The van der Waals surface area contributed by atoms with Gasteiger partial charge in [0.15, 0.2) is 5.78 Å². The van der Waals surface area contributed by atoms with Crippen LogP contribution < -0.4 is 9.47 Å². The quantitative estimate of drug-likeness (QED) is 0.749. The molecule has 0 unspecified atom stereocenters. The van der Waals surface area contributed by atoms with Gasteiger partial charge in [-0.3, -0.25) is 4.79 Å². The largest absolute Gasteiger partial charge is 0.493 e. The van der Waals surface area contributed by atoms with Gasteiger partial charge in [0, 0.05) is 25.7 Å². The lowest BCUT2D eigenvalue weighted by Gasteiger charge is -2.31. The zero-order valence-electron chi connectivity index (χ0n) is 12.4. The predicted molar refractivity (Wildman–Crippen MR) is 76.7 cm³/mol. The van der Waals surface area contributed by atoms with Gasteiger partial charge in [-0.25, -0.2) is 0 Å². The van der Waals surface area contributed by atoms with Crippen LogP contribution in [0.5, 0.6) is 11.5 Å². The molecule has 0 atom stereocenters. The van der Waals surface area contributed by atoms with E-state index in [0.29, 0.717) is 30.9 Å². The van der Waals surface area contributed by atoms with E-state index in [1.54, 1.807) is 12.1 Å². The van der Waals surface area contributed by atoms with Crippen LogP contribution in [-0.4, -0.2) is 31.2 Å². The molecule has 0 saturated heterocycles. The van der Waals surface area contributed by atoms with E-state index >= 15 is 0 Å². The van der Waals surface area contributed by atoms with Crippen LogP contribution in [0.25, 0.3) is 0 Å². The Labute approximate surface area is 120 Å². The van der Waals surface area contributed by atoms with Gasteiger partial charge in [0.1, 0.15) is 17.1 Å². The number of carbonyl (C=O) groups excluding carboxylic acids is 1. The van der Waals surface area contributed by atoms with Gasteiger partial charge in [-0.2, -0.15) is 0 Å². The third-order valence-electron chi connectivity index (χ3n) is 3.13. The summed E-state index contributed by atoms with van der Waals surface area (Å²) < 4.78 is 16.8. The molecule has 1 heterocycles. The maximum atomic E-state index is 12.0. The summed E-state index contributed by atoms with van der Waals surface area (Å²) in [7, 11) is 0. The Morgan fingerprint density at radius 1 is 1.30 bits per heavy atom. The number of rotatable bonds is 6. The summed E-state index contributed by atoms with van der Waals surface area (Å²) in [6.07, 6.45) is 1.25. The van der Waals surface area contributed by atoms with Crippen LogP contribution >= 0.6 is 0 Å². The van der Waals surface area contributed by atoms with Crippen molar-refractivity contribution in [2.75, 3.05) is 19.8 Å². The fourth-order valence-corrected chi connectivity index (χ4v) is 2.22. The highest BCUT2D eigenvalue weighted by Crippen LogP contribution is 2.35. The number of ketones is 1. The first-order valence-electron chi connectivity index (χ1n) is 7.08. The van der Waals surface area contributed by atoms with Crippen LogP contribution in [0.3, 0.4) is 0 Å². The molecule has 0 spiro atoms. The molecule has 4 heteroatoms. The fraction of sp³-hybridized carbons (Fsp3) is 0.562. The Morgan fingerprint density at radius 3 is 2.85 bits per heavy atom. The second kappa shape index (κ2) is 6.27. The number of Topliss-reactive ketones (excluding diaryl/α,β-unsaturated/α-hetero) is 1. The molecule has 2 rings (SSSR count). The molecule has 0 aromatic heterocycles. The summed E-state index contributed by atoms with van der Waals surface area (Å²) in [5.41, 5.74) is 0.198. The van der Waals surface area contributed by atoms with Gasteiger partial charge in [-0.15, -0.1) is 0 Å². The zero-order valence-corrected chi connectivity index (χ0v) is 12.4. The first kappa shape index (κ1) is 14.9. The van der Waals surface area contributed by atoms with E-state index < -0.39 is 5.60 Å². The molecule has 0 N–H and O–H groups in total. The molecule has 0 amide bonds. The van der Waals surface area contributed by atoms with E-state index in [1.807, 2.05) is 26.8 Å². The zero-order chi connectivity index (χ0) is 14.6. The third kappa shape index (κ3) is 3.73. The Kier molecular flexibility index (Phi) is 4.65. The Morgan fingerprint density at radius 2 is 2.10 bits per heavy atom. The number of fused-ring (bicyclic) bond motifs is 1. The van der Waals surface area contributed by atoms with Crippen molar-refractivity contribution in [3.8, 4) is 11.5 Å². The molecule has 0 aliphatic carbocycles. The number of carbonyl (C=O) groups is 1. The van der Waals surface area contributed by atoms with Crippen molar-refractivity contribution in [2.24, 2.45) is 0 Å². The van der Waals surface area contributed by atoms with Gasteiger partial charge in [0.2, 0.25) is 0 Å². The van der Waals surface area contributed by atoms with Gasteiger partial charge >= 0.3 is 0 Å². The molecule has 0 fully saturated rings. The third-order valence-corrected chi connectivity index (χ3v) is 3.13. The monoisotopic (exact) mass is 278 g/mol. The highest BCUT2D eigenvalue weighted by molar-refractivity contribution is 6.00. The van der Waals surface area contributed by atoms with Gasteiger partial charge < -0.3 is 14.2 Å². The summed E-state index contributed by atoms with van der Waals surface area (Å²) in [6, 6.07) is 5.40. The van der Waals surface area contributed by atoms with E-state index in [9.17, 15) is 4.79 Å². The number of hydrogen-bond acceptors (Lipinski definition) is 4. The van der Waals surface area contributed by atoms with E-state index in [-0.39, 0.29) is 5.78 Å². The first-order chi connectivity index (χ1) is 9.52. The van der Waals surface area contributed by atoms with Crippen molar-refractivity contribution in [3.05, 3.63) is 23.8 Å². The summed E-state index contributed by atoms with van der Waals surface area (Å²) >= 11 is 0. The minimum absolute atomic E-state index is 0.124. The second-order valence-electron chi connectivity index (χ2n) is 5.52. The lowest BCUT2D eigenvalue weighted by atomic mass is 9.93.